The lowest BCUT2D eigenvalue weighted by Gasteiger charge is -2.44. The largest absolute Gasteiger partial charge is 0.364 e. The van der Waals surface area contributed by atoms with Gasteiger partial charge in [0.1, 0.15) is 5.69 Å². The molecule has 148 valence electrons. The third-order valence-corrected chi connectivity index (χ3v) is 4.74. The number of hydrogen-bond acceptors (Lipinski definition) is 7. The molecular formula is C19H25N7O2. The summed E-state index contributed by atoms with van der Waals surface area (Å²) in [6.07, 6.45) is 6.69. The third-order valence-electron chi connectivity index (χ3n) is 4.74. The van der Waals surface area contributed by atoms with E-state index in [1.807, 2.05) is 25.1 Å². The molecule has 1 saturated heterocycles. The number of nitrogens with zero attached hydrogens (tertiary/aromatic N) is 4. The minimum atomic E-state index is -0.173. The van der Waals surface area contributed by atoms with E-state index in [4.69, 9.17) is 0 Å². The summed E-state index contributed by atoms with van der Waals surface area (Å²) in [5.74, 6) is 0.501. The fraction of sp³-hybridized carbons (Fsp3) is 0.368. The van der Waals surface area contributed by atoms with Crippen LogP contribution in [0.1, 0.15) is 0 Å². The summed E-state index contributed by atoms with van der Waals surface area (Å²) >= 11 is 0. The van der Waals surface area contributed by atoms with E-state index in [1.54, 1.807) is 42.6 Å². The van der Waals surface area contributed by atoms with Crippen LogP contribution in [0.4, 0.5) is 11.6 Å². The van der Waals surface area contributed by atoms with Gasteiger partial charge in [0.2, 0.25) is 11.9 Å². The van der Waals surface area contributed by atoms with Crippen LogP contribution in [-0.2, 0) is 4.79 Å². The molecule has 0 atom stereocenters. The number of carbonyl (C=O) groups excluding carboxylic acids is 1. The van der Waals surface area contributed by atoms with E-state index in [-0.39, 0.29) is 17.5 Å². The van der Waals surface area contributed by atoms with Crippen molar-refractivity contribution in [3.63, 3.8) is 0 Å². The van der Waals surface area contributed by atoms with Crippen molar-refractivity contribution >= 4 is 17.5 Å². The molecule has 0 saturated carbocycles. The Hall–Kier alpha value is -3.20. The summed E-state index contributed by atoms with van der Waals surface area (Å²) in [4.78, 5) is 39.4. The molecule has 28 heavy (non-hydrogen) atoms. The van der Waals surface area contributed by atoms with Crippen LogP contribution in [0.2, 0.25) is 0 Å². The second-order valence-corrected chi connectivity index (χ2v) is 6.59. The first-order valence-electron chi connectivity index (χ1n) is 9.10. The van der Waals surface area contributed by atoms with Crippen LogP contribution in [0, 0.1) is 0 Å². The highest BCUT2D eigenvalue weighted by atomic mass is 16.2. The molecule has 0 aromatic carbocycles. The van der Waals surface area contributed by atoms with E-state index < -0.39 is 0 Å². The smallest absolute Gasteiger partial charge is 0.271 e. The Bertz CT molecular complexity index is 918. The van der Waals surface area contributed by atoms with Crippen molar-refractivity contribution < 1.29 is 4.79 Å². The Balaban J connectivity index is 1.72. The van der Waals surface area contributed by atoms with E-state index in [9.17, 15) is 9.59 Å². The number of anilines is 2. The van der Waals surface area contributed by atoms with E-state index in [0.717, 1.165) is 5.56 Å². The van der Waals surface area contributed by atoms with Gasteiger partial charge >= 0.3 is 0 Å². The van der Waals surface area contributed by atoms with E-state index >= 15 is 0 Å². The van der Waals surface area contributed by atoms with Crippen LogP contribution in [0.25, 0.3) is 11.3 Å². The van der Waals surface area contributed by atoms with Gasteiger partial charge in [0.15, 0.2) is 0 Å². The van der Waals surface area contributed by atoms with Crippen molar-refractivity contribution in [3.8, 4) is 11.3 Å². The molecule has 1 amide bonds. The van der Waals surface area contributed by atoms with Gasteiger partial charge in [-0.05, 0) is 19.2 Å². The zero-order valence-corrected chi connectivity index (χ0v) is 16.3. The number of aromatic nitrogens is 3. The number of nitrogens with one attached hydrogen (secondary N) is 3. The van der Waals surface area contributed by atoms with Gasteiger partial charge in [-0.1, -0.05) is 6.08 Å². The van der Waals surface area contributed by atoms with Crippen LogP contribution in [0.5, 0.6) is 0 Å². The van der Waals surface area contributed by atoms with Crippen LogP contribution in [0.15, 0.2) is 41.5 Å². The van der Waals surface area contributed by atoms with Crippen molar-refractivity contribution in [1.29, 1.82) is 0 Å². The van der Waals surface area contributed by atoms with E-state index in [0.29, 0.717) is 37.0 Å². The average Bonchev–Trinajstić information content (AvgIpc) is 2.67. The maximum Gasteiger partial charge on any atom is 0.271 e. The first-order valence-corrected chi connectivity index (χ1v) is 9.10. The summed E-state index contributed by atoms with van der Waals surface area (Å²) < 4.78 is 0. The number of aromatic amines is 1. The van der Waals surface area contributed by atoms with Crippen molar-refractivity contribution in [1.82, 2.24) is 25.2 Å². The topological polar surface area (TPSA) is 106 Å². The molecule has 3 rings (SSSR count). The molecule has 0 unspecified atom stereocenters. The molecule has 0 spiro atoms. The molecule has 9 nitrogen and oxygen atoms in total. The second kappa shape index (κ2) is 8.66. The zero-order valence-electron chi connectivity index (χ0n) is 16.3. The summed E-state index contributed by atoms with van der Waals surface area (Å²) in [5.41, 5.74) is 1.88. The number of likely N-dealkylation sites (N-methyl/N-ethyl adjacent to an activating group) is 2. The van der Waals surface area contributed by atoms with Gasteiger partial charge < -0.3 is 25.4 Å². The van der Waals surface area contributed by atoms with Crippen LogP contribution in [0.3, 0.4) is 0 Å². The van der Waals surface area contributed by atoms with Crippen molar-refractivity contribution in [2.24, 2.45) is 0 Å². The Morgan fingerprint density at radius 2 is 2.21 bits per heavy atom. The Labute approximate surface area is 163 Å². The highest BCUT2D eigenvalue weighted by Gasteiger charge is 2.33. The monoisotopic (exact) mass is 383 g/mol. The first kappa shape index (κ1) is 19.6. The molecule has 1 aliphatic heterocycles. The van der Waals surface area contributed by atoms with Crippen molar-refractivity contribution in [2.75, 3.05) is 51.0 Å². The molecule has 3 heterocycles. The predicted octanol–water partition coefficient (Wildman–Crippen LogP) is 0.296. The number of hydrogen-bond donors (Lipinski definition) is 3. The second-order valence-electron chi connectivity index (χ2n) is 6.59. The maximum atomic E-state index is 12.4. The Morgan fingerprint density at radius 1 is 1.43 bits per heavy atom. The molecule has 2 aromatic rings. The molecule has 0 bridgehead atoms. The third kappa shape index (κ3) is 4.20. The SMILES string of the molecule is CNCC=CC(=O)N1CC(N(C)c2cc(-c3ccnc(NC)n3)c[nH]c2=O)C1. The van der Waals surface area contributed by atoms with Crippen molar-refractivity contribution in [3.05, 3.63) is 47.0 Å². The molecule has 3 N–H and O–H groups in total. The van der Waals surface area contributed by atoms with Gasteiger partial charge in [-0.3, -0.25) is 9.59 Å². The fourth-order valence-corrected chi connectivity index (χ4v) is 2.98. The first-order chi connectivity index (χ1) is 13.5. The van der Waals surface area contributed by atoms with Gasteiger partial charge in [-0.25, -0.2) is 9.97 Å². The van der Waals surface area contributed by atoms with Crippen molar-refractivity contribution in [2.45, 2.75) is 6.04 Å². The van der Waals surface area contributed by atoms with E-state index in [1.165, 1.54) is 0 Å². The molecule has 1 fully saturated rings. The lowest BCUT2D eigenvalue weighted by molar-refractivity contribution is -0.130. The standard InChI is InChI=1S/C19H25N7O2/c1-20-7-4-5-17(27)26-11-14(12-26)25(3)16-9-13(10-23-18(16)28)15-6-8-22-19(21-2)24-15/h4-6,8-10,14,20H,7,11-12H2,1-3H3,(H,23,28)(H,21,22,24). The lowest BCUT2D eigenvalue weighted by atomic mass is 10.1. The number of H-pyrrole nitrogens is 1. The van der Waals surface area contributed by atoms with Gasteiger partial charge in [-0.15, -0.1) is 0 Å². The number of carbonyl (C=O) groups is 1. The minimum absolute atomic E-state index is 0.0110. The highest BCUT2D eigenvalue weighted by molar-refractivity contribution is 5.88. The van der Waals surface area contributed by atoms with Gasteiger partial charge in [0.05, 0.1) is 11.7 Å². The maximum absolute atomic E-state index is 12.4. The van der Waals surface area contributed by atoms with Crippen LogP contribution in [-0.4, -0.2) is 72.6 Å². The predicted molar refractivity (Wildman–Crippen MR) is 109 cm³/mol. The molecular weight excluding hydrogens is 358 g/mol. The highest BCUT2D eigenvalue weighted by Crippen LogP contribution is 2.23. The molecule has 0 radical (unpaired) electrons. The molecule has 1 aliphatic rings. The summed E-state index contributed by atoms with van der Waals surface area (Å²) in [6.45, 7) is 1.82. The lowest BCUT2D eigenvalue weighted by Crippen LogP contribution is -2.60. The number of rotatable bonds is 7. The van der Waals surface area contributed by atoms with Gasteiger partial charge in [0.25, 0.3) is 5.56 Å². The molecule has 2 aromatic heterocycles. The summed E-state index contributed by atoms with van der Waals surface area (Å²) in [6, 6.07) is 3.70. The minimum Gasteiger partial charge on any atom is -0.364 e. The summed E-state index contributed by atoms with van der Waals surface area (Å²) in [5, 5.41) is 5.87. The van der Waals surface area contributed by atoms with Crippen LogP contribution < -0.4 is 21.1 Å². The number of likely N-dealkylation sites (tertiary alicyclic amines) is 1. The summed E-state index contributed by atoms with van der Waals surface area (Å²) in [7, 11) is 5.45. The Morgan fingerprint density at radius 3 is 2.93 bits per heavy atom. The number of pyridine rings is 1. The van der Waals surface area contributed by atoms with Gasteiger partial charge in [0, 0.05) is 57.8 Å². The van der Waals surface area contributed by atoms with Crippen LogP contribution >= 0.6 is 0 Å². The normalized spacial score (nSPS) is 14.2. The molecule has 9 heteroatoms. The average molecular weight is 383 g/mol. The molecule has 0 aliphatic carbocycles. The Kier molecular flexibility index (Phi) is 6.05. The fourth-order valence-electron chi connectivity index (χ4n) is 2.98. The van der Waals surface area contributed by atoms with Gasteiger partial charge in [-0.2, -0.15) is 0 Å². The van der Waals surface area contributed by atoms with E-state index in [2.05, 4.69) is 25.6 Å². The zero-order chi connectivity index (χ0) is 20.1. The number of amides is 1. The quantitative estimate of drug-likeness (QED) is 0.590.